The predicted molar refractivity (Wildman–Crippen MR) is 55.9 cm³/mol. The van der Waals surface area contributed by atoms with Gasteiger partial charge in [0.05, 0.1) is 13.2 Å². The SMILES string of the molecule is NCC(=O)NC1O[C@@](CO)(P(=O)(O)O)[C@@H](O)[C@H]1O. The van der Waals surface area contributed by atoms with Gasteiger partial charge in [0.1, 0.15) is 12.2 Å². The fourth-order valence-corrected chi connectivity index (χ4v) is 2.52. The lowest BCUT2D eigenvalue weighted by Crippen LogP contribution is -2.46. The van der Waals surface area contributed by atoms with E-state index in [4.69, 9.17) is 25.4 Å². The fourth-order valence-electron chi connectivity index (χ4n) is 1.59. The maximum atomic E-state index is 11.2. The summed E-state index contributed by atoms with van der Waals surface area (Å²) in [4.78, 5) is 29.2. The van der Waals surface area contributed by atoms with Gasteiger partial charge in [0.25, 0.3) is 0 Å². The molecule has 0 radical (unpaired) electrons. The average Bonchev–Trinajstić information content (AvgIpc) is 2.53. The fraction of sp³-hybridized carbons (Fsp3) is 0.857. The highest BCUT2D eigenvalue weighted by Crippen LogP contribution is 2.56. The summed E-state index contributed by atoms with van der Waals surface area (Å²) in [5.74, 6) is -0.759. The monoisotopic (exact) mass is 286 g/mol. The quantitative estimate of drug-likeness (QED) is 0.253. The third kappa shape index (κ3) is 2.42. The zero-order valence-electron chi connectivity index (χ0n) is 9.13. The second kappa shape index (κ2) is 5.19. The largest absolute Gasteiger partial charge is 0.393 e. The number of aliphatic hydroxyl groups excluding tert-OH is 3. The molecular weight excluding hydrogens is 271 g/mol. The minimum atomic E-state index is -5.09. The van der Waals surface area contributed by atoms with Crippen molar-refractivity contribution in [3.63, 3.8) is 0 Å². The molecule has 0 saturated carbocycles. The van der Waals surface area contributed by atoms with Gasteiger partial charge in [0, 0.05) is 0 Å². The molecule has 1 rings (SSSR count). The summed E-state index contributed by atoms with van der Waals surface area (Å²) >= 11 is 0. The number of nitrogens with one attached hydrogen (secondary N) is 1. The van der Waals surface area contributed by atoms with Crippen molar-refractivity contribution in [1.29, 1.82) is 0 Å². The van der Waals surface area contributed by atoms with Crippen LogP contribution in [0.15, 0.2) is 0 Å². The van der Waals surface area contributed by atoms with E-state index in [1.165, 1.54) is 0 Å². The number of nitrogens with two attached hydrogens (primary N) is 1. The Bertz CT molecular complexity index is 372. The van der Waals surface area contributed by atoms with Gasteiger partial charge in [0.2, 0.25) is 11.2 Å². The highest BCUT2D eigenvalue weighted by Gasteiger charge is 2.64. The predicted octanol–water partition coefficient (Wildman–Crippen LogP) is -3.99. The molecule has 0 spiro atoms. The molecule has 1 heterocycles. The van der Waals surface area contributed by atoms with Crippen LogP contribution >= 0.6 is 7.60 Å². The van der Waals surface area contributed by atoms with Crippen LogP contribution in [0, 0.1) is 0 Å². The van der Waals surface area contributed by atoms with Gasteiger partial charge in [-0.15, -0.1) is 0 Å². The summed E-state index contributed by atoms with van der Waals surface area (Å²) in [6.07, 6.45) is -5.44. The van der Waals surface area contributed by atoms with Crippen LogP contribution in [0.1, 0.15) is 0 Å². The lowest BCUT2D eigenvalue weighted by atomic mass is 10.1. The van der Waals surface area contributed by atoms with E-state index in [0.717, 1.165) is 0 Å². The average molecular weight is 286 g/mol. The molecule has 0 aromatic carbocycles. The van der Waals surface area contributed by atoms with E-state index in [2.05, 4.69) is 0 Å². The van der Waals surface area contributed by atoms with E-state index in [1.54, 1.807) is 0 Å². The third-order valence-corrected chi connectivity index (χ3v) is 4.13. The number of aliphatic hydroxyl groups is 3. The normalized spacial score (nSPS) is 36.7. The lowest BCUT2D eigenvalue weighted by Gasteiger charge is -2.30. The Labute approximate surface area is 102 Å². The number of carbonyl (C=O) groups excluding carboxylic acids is 1. The molecule has 1 aliphatic rings. The van der Waals surface area contributed by atoms with Crippen molar-refractivity contribution >= 4 is 13.5 Å². The van der Waals surface area contributed by atoms with E-state index >= 15 is 0 Å². The molecule has 0 bridgehead atoms. The smallest absolute Gasteiger partial charge is 0.362 e. The summed E-state index contributed by atoms with van der Waals surface area (Å²) in [6, 6.07) is 0. The molecule has 1 fully saturated rings. The van der Waals surface area contributed by atoms with Crippen LogP contribution in [-0.2, 0) is 14.1 Å². The first-order valence-electron chi connectivity index (χ1n) is 4.89. The Morgan fingerprint density at radius 2 is 2.00 bits per heavy atom. The molecule has 1 saturated heterocycles. The van der Waals surface area contributed by atoms with Crippen molar-refractivity contribution in [3.8, 4) is 0 Å². The van der Waals surface area contributed by atoms with Gasteiger partial charge in [-0.1, -0.05) is 0 Å². The molecule has 10 nitrogen and oxygen atoms in total. The number of amides is 1. The zero-order valence-corrected chi connectivity index (χ0v) is 10.0. The summed E-state index contributed by atoms with van der Waals surface area (Å²) < 4.78 is 16.0. The van der Waals surface area contributed by atoms with E-state index in [0.29, 0.717) is 0 Å². The van der Waals surface area contributed by atoms with Gasteiger partial charge >= 0.3 is 7.60 Å². The molecule has 0 aliphatic carbocycles. The molecular formula is C7H15N2O8P. The van der Waals surface area contributed by atoms with Crippen molar-refractivity contribution in [2.45, 2.75) is 23.8 Å². The van der Waals surface area contributed by atoms with Crippen molar-refractivity contribution in [2.75, 3.05) is 13.2 Å². The van der Waals surface area contributed by atoms with Gasteiger partial charge in [0.15, 0.2) is 6.23 Å². The molecule has 1 unspecified atom stereocenters. The first kappa shape index (κ1) is 15.5. The van der Waals surface area contributed by atoms with Crippen molar-refractivity contribution in [2.24, 2.45) is 5.73 Å². The Morgan fingerprint density at radius 1 is 1.44 bits per heavy atom. The van der Waals surface area contributed by atoms with Crippen LogP contribution in [-0.4, -0.2) is 67.9 Å². The number of hydrogen-bond acceptors (Lipinski definition) is 7. The maximum Gasteiger partial charge on any atom is 0.362 e. The van der Waals surface area contributed by atoms with Crippen molar-refractivity contribution in [3.05, 3.63) is 0 Å². The second-order valence-corrected chi connectivity index (χ2v) is 5.64. The first-order chi connectivity index (χ1) is 8.19. The van der Waals surface area contributed by atoms with Crippen molar-refractivity contribution < 1.29 is 39.2 Å². The van der Waals surface area contributed by atoms with E-state index in [9.17, 15) is 19.6 Å². The van der Waals surface area contributed by atoms with E-state index < -0.39 is 50.4 Å². The van der Waals surface area contributed by atoms with Gasteiger partial charge in [-0.25, -0.2) is 0 Å². The number of rotatable bonds is 4. The zero-order chi connectivity index (χ0) is 14.1. The lowest BCUT2D eigenvalue weighted by molar-refractivity contribution is -0.128. The third-order valence-electron chi connectivity index (χ3n) is 2.64. The minimum absolute atomic E-state index is 0.440. The van der Waals surface area contributed by atoms with E-state index in [-0.39, 0.29) is 0 Å². The molecule has 0 aromatic rings. The Hall–Kier alpha value is -0.580. The Balaban J connectivity index is 2.99. The molecule has 11 heteroatoms. The van der Waals surface area contributed by atoms with Crippen LogP contribution in [0.3, 0.4) is 0 Å². The summed E-state index contributed by atoms with van der Waals surface area (Å²) in [6.45, 7) is -1.67. The molecule has 1 amide bonds. The first-order valence-corrected chi connectivity index (χ1v) is 6.50. The van der Waals surface area contributed by atoms with Crippen LogP contribution in [0.4, 0.5) is 0 Å². The van der Waals surface area contributed by atoms with Gasteiger partial charge in [-0.2, -0.15) is 0 Å². The molecule has 1 aliphatic heterocycles. The molecule has 0 aromatic heterocycles. The van der Waals surface area contributed by atoms with Gasteiger partial charge in [-0.3, -0.25) is 9.36 Å². The summed E-state index contributed by atoms with van der Waals surface area (Å²) in [5.41, 5.74) is 5.00. The summed E-state index contributed by atoms with van der Waals surface area (Å²) in [7, 11) is -5.09. The highest BCUT2D eigenvalue weighted by atomic mass is 31.2. The summed E-state index contributed by atoms with van der Waals surface area (Å²) in [5, 5.41) is 27.5. The second-order valence-electron chi connectivity index (χ2n) is 3.79. The number of ether oxygens (including phenoxy) is 1. The van der Waals surface area contributed by atoms with E-state index in [1.807, 2.05) is 5.32 Å². The van der Waals surface area contributed by atoms with Crippen LogP contribution < -0.4 is 11.1 Å². The Kier molecular flexibility index (Phi) is 4.47. The Morgan fingerprint density at radius 3 is 2.33 bits per heavy atom. The van der Waals surface area contributed by atoms with Gasteiger partial charge in [-0.05, 0) is 0 Å². The van der Waals surface area contributed by atoms with Gasteiger partial charge < -0.3 is 40.9 Å². The van der Waals surface area contributed by atoms with Crippen LogP contribution in [0.25, 0.3) is 0 Å². The number of carbonyl (C=O) groups is 1. The van der Waals surface area contributed by atoms with Crippen LogP contribution in [0.5, 0.6) is 0 Å². The molecule has 4 atom stereocenters. The van der Waals surface area contributed by atoms with Crippen LogP contribution in [0.2, 0.25) is 0 Å². The topological polar surface area (TPSA) is 183 Å². The molecule has 18 heavy (non-hydrogen) atoms. The molecule has 8 N–H and O–H groups in total. The molecule has 106 valence electrons. The number of hydrogen-bond donors (Lipinski definition) is 7. The standard InChI is InChI=1S/C7H15N2O8P/c8-1-3(11)9-6-4(12)5(13)7(2-10,17-6)18(14,15)16/h4-6,10,12-13H,1-2,8H2,(H,9,11)(H2,14,15,16)/t4-,5+,6?,7+/m1/s1. The maximum absolute atomic E-state index is 11.2. The van der Waals surface area contributed by atoms with Crippen molar-refractivity contribution in [1.82, 2.24) is 5.32 Å². The minimum Gasteiger partial charge on any atom is -0.393 e. The highest BCUT2D eigenvalue weighted by molar-refractivity contribution is 7.53.